The lowest BCUT2D eigenvalue weighted by atomic mass is 10.0. The van der Waals surface area contributed by atoms with Gasteiger partial charge >= 0.3 is 0 Å². The lowest BCUT2D eigenvalue weighted by molar-refractivity contribution is -0.139. The Hall–Kier alpha value is -4.70. The van der Waals surface area contributed by atoms with Crippen molar-refractivity contribution in [3.05, 3.63) is 126 Å². The number of carbonyl (C=O) groups is 2. The Balaban J connectivity index is 1.82. The molecule has 0 fully saturated rings. The monoisotopic (exact) mass is 603 g/mol. The smallest absolute Gasteiger partial charge is 0.264 e. The molecule has 4 rings (SSSR count). The Morgan fingerprint density at radius 3 is 2.16 bits per heavy atom. The van der Waals surface area contributed by atoms with E-state index in [-0.39, 0.29) is 34.9 Å². The van der Waals surface area contributed by atoms with Gasteiger partial charge in [-0.15, -0.1) is 0 Å². The summed E-state index contributed by atoms with van der Waals surface area (Å²) in [4.78, 5) is 28.8. The number of benzene rings is 4. The molecule has 8 nitrogen and oxygen atoms in total. The summed E-state index contributed by atoms with van der Waals surface area (Å²) in [6.45, 7) is 0.901. The minimum absolute atomic E-state index is 0.0235. The van der Waals surface area contributed by atoms with E-state index in [0.29, 0.717) is 0 Å². The van der Waals surface area contributed by atoms with Gasteiger partial charge in [-0.1, -0.05) is 78.4 Å². The zero-order valence-corrected chi connectivity index (χ0v) is 25.1. The number of likely N-dealkylation sites (N-methyl/N-ethyl adjacent to an activating group) is 1. The molecule has 43 heavy (non-hydrogen) atoms. The topological polar surface area (TPSA) is 96.0 Å². The van der Waals surface area contributed by atoms with E-state index in [4.69, 9.17) is 4.74 Å². The molecule has 0 spiro atoms. The van der Waals surface area contributed by atoms with Crippen LogP contribution in [0.1, 0.15) is 16.7 Å². The van der Waals surface area contributed by atoms with Crippen LogP contribution >= 0.6 is 0 Å². The molecule has 10 heteroatoms. The summed E-state index contributed by atoms with van der Waals surface area (Å²) in [6.07, 6.45) is 0.125. The molecular formula is C33H34FN3O5S. The number of para-hydroxylation sites is 2. The van der Waals surface area contributed by atoms with Crippen molar-refractivity contribution in [3.8, 4) is 5.75 Å². The Morgan fingerprint density at radius 2 is 1.51 bits per heavy atom. The van der Waals surface area contributed by atoms with E-state index in [2.05, 4.69) is 5.32 Å². The van der Waals surface area contributed by atoms with Gasteiger partial charge in [0.2, 0.25) is 11.8 Å². The van der Waals surface area contributed by atoms with Crippen molar-refractivity contribution >= 4 is 27.5 Å². The third kappa shape index (κ3) is 7.39. The Bertz CT molecular complexity index is 1660. The molecule has 0 saturated carbocycles. The fourth-order valence-corrected chi connectivity index (χ4v) is 6.14. The molecule has 224 valence electrons. The number of nitrogens with one attached hydrogen (secondary N) is 1. The van der Waals surface area contributed by atoms with Gasteiger partial charge in [-0.2, -0.15) is 0 Å². The fourth-order valence-electron chi connectivity index (χ4n) is 4.72. The second-order valence-corrected chi connectivity index (χ2v) is 11.8. The molecule has 1 atom stereocenters. The highest BCUT2D eigenvalue weighted by molar-refractivity contribution is 7.92. The van der Waals surface area contributed by atoms with Crippen LogP contribution in [-0.2, 0) is 32.6 Å². The van der Waals surface area contributed by atoms with Crippen LogP contribution in [0.2, 0.25) is 0 Å². The second kappa shape index (κ2) is 14.0. The number of rotatable bonds is 12. The molecule has 0 bridgehead atoms. The number of anilines is 1. The van der Waals surface area contributed by atoms with E-state index in [1.807, 2.05) is 37.3 Å². The van der Waals surface area contributed by atoms with Crippen LogP contribution in [0.5, 0.6) is 5.75 Å². The van der Waals surface area contributed by atoms with Crippen molar-refractivity contribution in [2.24, 2.45) is 0 Å². The average Bonchev–Trinajstić information content (AvgIpc) is 3.02. The molecule has 0 aromatic heterocycles. The molecule has 2 amide bonds. The summed E-state index contributed by atoms with van der Waals surface area (Å²) in [5, 5.41) is 2.61. The van der Waals surface area contributed by atoms with Gasteiger partial charge in [0.25, 0.3) is 10.0 Å². The fraction of sp³-hybridized carbons (Fsp3) is 0.212. The average molecular weight is 604 g/mol. The maximum atomic E-state index is 14.9. The van der Waals surface area contributed by atoms with Gasteiger partial charge in [0.15, 0.2) is 0 Å². The lowest BCUT2D eigenvalue weighted by Crippen LogP contribution is -2.53. The number of nitrogens with zero attached hydrogens (tertiary/aromatic N) is 2. The molecule has 0 aliphatic heterocycles. The molecule has 0 heterocycles. The molecule has 0 aliphatic carbocycles. The maximum absolute atomic E-state index is 14.9. The number of ether oxygens (including phenoxy) is 1. The Morgan fingerprint density at radius 1 is 0.884 bits per heavy atom. The van der Waals surface area contributed by atoms with Crippen LogP contribution in [0, 0.1) is 12.7 Å². The maximum Gasteiger partial charge on any atom is 0.264 e. The van der Waals surface area contributed by atoms with Crippen LogP contribution in [-0.4, -0.2) is 51.9 Å². The third-order valence-electron chi connectivity index (χ3n) is 7.06. The van der Waals surface area contributed by atoms with E-state index >= 15 is 0 Å². The number of hydrogen-bond donors (Lipinski definition) is 1. The standard InChI is InChI=1S/C33H34FN3O5S/c1-24-17-19-27(20-18-24)43(40,41)37(29-15-9-10-16-31(29)42-3)23-32(38)36(22-26-13-7-8-14-28(26)34)30(33(39)35-2)21-25-11-5-4-6-12-25/h4-20,30H,21-23H2,1-3H3,(H,35,39)/t30-/m0/s1. The number of aryl methyl sites for hydroxylation is 1. The third-order valence-corrected chi connectivity index (χ3v) is 8.83. The van der Waals surface area contributed by atoms with Crippen molar-refractivity contribution in [3.63, 3.8) is 0 Å². The number of hydrogen-bond acceptors (Lipinski definition) is 5. The highest BCUT2D eigenvalue weighted by Crippen LogP contribution is 2.33. The number of amides is 2. The predicted octanol–water partition coefficient (Wildman–Crippen LogP) is 4.72. The van der Waals surface area contributed by atoms with Gasteiger partial charge in [-0.05, 0) is 42.8 Å². The van der Waals surface area contributed by atoms with Gasteiger partial charge < -0.3 is 15.0 Å². The van der Waals surface area contributed by atoms with Crippen molar-refractivity contribution in [1.82, 2.24) is 10.2 Å². The van der Waals surface area contributed by atoms with Crippen molar-refractivity contribution < 1.29 is 27.1 Å². The van der Waals surface area contributed by atoms with Crippen molar-refractivity contribution in [1.29, 1.82) is 0 Å². The van der Waals surface area contributed by atoms with Crippen molar-refractivity contribution in [2.75, 3.05) is 25.0 Å². The number of carbonyl (C=O) groups excluding carboxylic acids is 2. The van der Waals surface area contributed by atoms with E-state index in [1.165, 1.54) is 49.4 Å². The molecule has 0 saturated heterocycles. The zero-order valence-electron chi connectivity index (χ0n) is 24.2. The molecule has 0 aliphatic rings. The van der Waals surface area contributed by atoms with Crippen LogP contribution in [0.15, 0.2) is 108 Å². The summed E-state index contributed by atoms with van der Waals surface area (Å²) in [6, 6.07) is 26.7. The van der Waals surface area contributed by atoms with Gasteiger partial charge in [0.05, 0.1) is 17.7 Å². The highest BCUT2D eigenvalue weighted by Gasteiger charge is 2.35. The summed E-state index contributed by atoms with van der Waals surface area (Å²) in [7, 11) is -1.43. The minimum Gasteiger partial charge on any atom is -0.495 e. The molecule has 4 aromatic rings. The Labute approximate surface area is 251 Å². The van der Waals surface area contributed by atoms with Gasteiger partial charge in [-0.3, -0.25) is 13.9 Å². The van der Waals surface area contributed by atoms with E-state index < -0.39 is 40.2 Å². The number of methoxy groups -OCH3 is 1. The first-order valence-electron chi connectivity index (χ1n) is 13.7. The van der Waals surface area contributed by atoms with Gasteiger partial charge in [0, 0.05) is 25.6 Å². The number of halogens is 1. The van der Waals surface area contributed by atoms with Crippen LogP contribution in [0.3, 0.4) is 0 Å². The van der Waals surface area contributed by atoms with Gasteiger partial charge in [0.1, 0.15) is 24.2 Å². The highest BCUT2D eigenvalue weighted by atomic mass is 32.2. The molecule has 0 unspecified atom stereocenters. The van der Waals surface area contributed by atoms with Crippen LogP contribution in [0.25, 0.3) is 0 Å². The zero-order chi connectivity index (χ0) is 31.0. The second-order valence-electron chi connectivity index (χ2n) is 9.93. The summed E-state index contributed by atoms with van der Waals surface area (Å²) in [5.41, 5.74) is 1.97. The lowest BCUT2D eigenvalue weighted by Gasteiger charge is -2.34. The number of sulfonamides is 1. The summed E-state index contributed by atoms with van der Waals surface area (Å²) >= 11 is 0. The first-order chi connectivity index (χ1) is 20.6. The Kier molecular flexibility index (Phi) is 10.2. The van der Waals surface area contributed by atoms with Crippen LogP contribution in [0.4, 0.5) is 10.1 Å². The minimum atomic E-state index is -4.29. The normalized spacial score (nSPS) is 11.8. The molecule has 4 aromatic carbocycles. The summed E-state index contributed by atoms with van der Waals surface area (Å²) in [5.74, 6) is -1.49. The molecule has 0 radical (unpaired) electrons. The summed E-state index contributed by atoms with van der Waals surface area (Å²) < 4.78 is 49.5. The molecular weight excluding hydrogens is 569 g/mol. The van der Waals surface area contributed by atoms with E-state index in [1.54, 1.807) is 42.5 Å². The SMILES string of the molecule is CNC(=O)[C@H](Cc1ccccc1)N(Cc1ccccc1F)C(=O)CN(c1ccccc1OC)S(=O)(=O)c1ccc(C)cc1. The quantitative estimate of drug-likeness (QED) is 0.253. The first kappa shape index (κ1) is 31.2. The van der Waals surface area contributed by atoms with Crippen molar-refractivity contribution in [2.45, 2.75) is 30.8 Å². The first-order valence-corrected chi connectivity index (χ1v) is 15.1. The molecule has 1 N–H and O–H groups in total. The predicted molar refractivity (Wildman–Crippen MR) is 164 cm³/mol. The van der Waals surface area contributed by atoms with E-state index in [0.717, 1.165) is 15.4 Å². The van der Waals surface area contributed by atoms with Gasteiger partial charge in [-0.25, -0.2) is 12.8 Å². The van der Waals surface area contributed by atoms with E-state index in [9.17, 15) is 22.4 Å². The van der Waals surface area contributed by atoms with Crippen LogP contribution < -0.4 is 14.4 Å². The largest absolute Gasteiger partial charge is 0.495 e.